The van der Waals surface area contributed by atoms with E-state index in [2.05, 4.69) is 5.32 Å². The van der Waals surface area contributed by atoms with E-state index in [9.17, 15) is 9.18 Å². The molecule has 4 nitrogen and oxygen atoms in total. The van der Waals surface area contributed by atoms with Crippen molar-refractivity contribution in [2.75, 3.05) is 0 Å². The van der Waals surface area contributed by atoms with E-state index in [1.165, 1.54) is 12.1 Å². The number of aliphatic imine (C=N–C) groups is 2. The molecule has 2 aromatic rings. The fraction of sp³-hybridized carbons (Fsp3) is 0.286. The van der Waals surface area contributed by atoms with Crippen LogP contribution >= 0.6 is 0 Å². The maximum absolute atomic E-state index is 13.4. The molecule has 26 heavy (non-hydrogen) atoms. The van der Waals surface area contributed by atoms with Gasteiger partial charge in [-0.05, 0) is 49.1 Å². The van der Waals surface area contributed by atoms with Crippen LogP contribution in [0.15, 0.2) is 58.5 Å². The molecule has 0 unspecified atom stereocenters. The van der Waals surface area contributed by atoms with E-state index in [0.717, 1.165) is 35.5 Å². The Morgan fingerprint density at radius 1 is 1.08 bits per heavy atom. The van der Waals surface area contributed by atoms with Gasteiger partial charge >= 0.3 is 0 Å². The summed E-state index contributed by atoms with van der Waals surface area (Å²) in [6, 6.07) is 14.0. The molecule has 0 spiro atoms. The Hall–Kier alpha value is -2.82. The van der Waals surface area contributed by atoms with E-state index in [0.29, 0.717) is 12.3 Å². The first-order valence-electron chi connectivity index (χ1n) is 8.97. The van der Waals surface area contributed by atoms with Crippen LogP contribution in [0.4, 0.5) is 15.8 Å². The number of carbonyl (C=O) groups is 1. The van der Waals surface area contributed by atoms with Gasteiger partial charge in [0.25, 0.3) is 0 Å². The molecule has 1 aliphatic heterocycles. The summed E-state index contributed by atoms with van der Waals surface area (Å²) in [6.07, 6.45) is 2.55. The minimum Gasteiger partial charge on any atom is -0.313 e. The van der Waals surface area contributed by atoms with Crippen molar-refractivity contribution in [1.82, 2.24) is 5.32 Å². The number of rotatable bonds is 3. The number of hydrogen-bond donors (Lipinski definition) is 1. The van der Waals surface area contributed by atoms with E-state index in [1.54, 1.807) is 12.1 Å². The van der Waals surface area contributed by atoms with Crippen LogP contribution in [0.2, 0.25) is 0 Å². The number of amides is 1. The highest BCUT2D eigenvalue weighted by molar-refractivity contribution is 6.18. The zero-order chi connectivity index (χ0) is 18.1. The fourth-order valence-electron chi connectivity index (χ4n) is 3.19. The summed E-state index contributed by atoms with van der Waals surface area (Å²) < 4.78 is 13.4. The number of nitrogens with one attached hydrogen (secondary N) is 1. The molecule has 1 saturated carbocycles. The van der Waals surface area contributed by atoms with Gasteiger partial charge in [0.15, 0.2) is 0 Å². The van der Waals surface area contributed by atoms with E-state index in [4.69, 9.17) is 9.98 Å². The average molecular weight is 349 g/mol. The lowest BCUT2D eigenvalue weighted by Gasteiger charge is -2.20. The zero-order valence-electron chi connectivity index (χ0n) is 14.6. The highest BCUT2D eigenvalue weighted by atomic mass is 19.1. The van der Waals surface area contributed by atoms with E-state index in [1.807, 2.05) is 31.2 Å². The lowest BCUT2D eigenvalue weighted by molar-refractivity contribution is -0.120. The summed E-state index contributed by atoms with van der Waals surface area (Å²) in [7, 11) is 0. The van der Waals surface area contributed by atoms with Gasteiger partial charge in [-0.2, -0.15) is 0 Å². The van der Waals surface area contributed by atoms with Gasteiger partial charge in [0, 0.05) is 11.6 Å². The topological polar surface area (TPSA) is 53.8 Å². The Kier molecular flexibility index (Phi) is 4.37. The number of amidine groups is 1. The second-order valence-electron chi connectivity index (χ2n) is 6.69. The summed E-state index contributed by atoms with van der Waals surface area (Å²) in [5, 5.41) is 3.03. The molecule has 2 aliphatic rings. The van der Waals surface area contributed by atoms with Crippen molar-refractivity contribution in [3.8, 4) is 0 Å². The predicted octanol–water partition coefficient (Wildman–Crippen LogP) is 4.66. The molecular weight excluding hydrogens is 329 g/mol. The maximum Gasteiger partial charge on any atom is 0.228 e. The Balaban J connectivity index is 1.83. The lowest BCUT2D eigenvalue weighted by atomic mass is 9.91. The van der Waals surface area contributed by atoms with Gasteiger partial charge in [-0.1, -0.05) is 31.2 Å². The van der Waals surface area contributed by atoms with Crippen molar-refractivity contribution in [2.24, 2.45) is 15.9 Å². The monoisotopic (exact) mass is 349 g/mol. The Bertz CT molecular complexity index is 898. The molecule has 1 aliphatic carbocycles. The Labute approximate surface area is 151 Å². The first-order valence-corrected chi connectivity index (χ1v) is 8.97. The molecule has 2 aromatic carbocycles. The van der Waals surface area contributed by atoms with Crippen LogP contribution in [-0.4, -0.2) is 17.5 Å². The standard InChI is InChI=1S/C21H20FN3O/c1-2-16-19(13-9-11-15(22)12-10-13)20(25-21(26)14-7-8-14)24-18-6-4-3-5-17(18)23-16/h3-6,9-12,14,19H,2,7-8H2,1H3,(H,24,25,26)/t19-/m0/s1. The molecule has 4 rings (SSSR count). The normalized spacial score (nSPS) is 19.1. The van der Waals surface area contributed by atoms with E-state index >= 15 is 0 Å². The molecule has 1 fully saturated rings. The molecular formula is C21H20FN3O. The van der Waals surface area contributed by atoms with Crippen LogP contribution in [0.5, 0.6) is 0 Å². The molecule has 132 valence electrons. The van der Waals surface area contributed by atoms with Crippen molar-refractivity contribution in [1.29, 1.82) is 0 Å². The minimum absolute atomic E-state index is 0.00527. The molecule has 0 saturated heterocycles. The average Bonchev–Trinajstić information content (AvgIpc) is 3.49. The Morgan fingerprint density at radius 3 is 2.35 bits per heavy atom. The number of hydrogen-bond acceptors (Lipinski definition) is 3. The summed E-state index contributed by atoms with van der Waals surface area (Å²) in [5.41, 5.74) is 3.28. The van der Waals surface area contributed by atoms with Crippen LogP contribution in [-0.2, 0) is 4.79 Å². The number of halogens is 1. The summed E-state index contributed by atoms with van der Waals surface area (Å²) >= 11 is 0. The van der Waals surface area contributed by atoms with Crippen molar-refractivity contribution < 1.29 is 9.18 Å². The minimum atomic E-state index is -0.296. The molecule has 0 radical (unpaired) electrons. The van der Waals surface area contributed by atoms with Gasteiger partial charge in [0.2, 0.25) is 5.91 Å². The molecule has 5 heteroatoms. The third-order valence-electron chi connectivity index (χ3n) is 4.76. The van der Waals surface area contributed by atoms with Gasteiger partial charge in [0.1, 0.15) is 11.7 Å². The van der Waals surface area contributed by atoms with Crippen LogP contribution in [0, 0.1) is 11.7 Å². The first kappa shape index (κ1) is 16.6. The largest absolute Gasteiger partial charge is 0.313 e. The first-order chi connectivity index (χ1) is 12.7. The van der Waals surface area contributed by atoms with Crippen LogP contribution in [0.3, 0.4) is 0 Å². The summed E-state index contributed by atoms with van der Waals surface area (Å²) in [6.45, 7) is 2.03. The zero-order valence-corrected chi connectivity index (χ0v) is 14.6. The second-order valence-corrected chi connectivity index (χ2v) is 6.69. The number of para-hydroxylation sites is 2. The summed E-state index contributed by atoms with van der Waals surface area (Å²) in [5.74, 6) is 0.0636. The molecule has 1 atom stereocenters. The van der Waals surface area contributed by atoms with Crippen molar-refractivity contribution >= 4 is 28.8 Å². The number of fused-ring (bicyclic) bond motifs is 1. The highest BCUT2D eigenvalue weighted by Gasteiger charge is 2.34. The van der Waals surface area contributed by atoms with Crippen molar-refractivity contribution in [2.45, 2.75) is 32.1 Å². The number of nitrogens with zero attached hydrogens (tertiary/aromatic N) is 2. The lowest BCUT2D eigenvalue weighted by Crippen LogP contribution is -2.38. The van der Waals surface area contributed by atoms with Crippen molar-refractivity contribution in [3.63, 3.8) is 0 Å². The molecule has 1 heterocycles. The summed E-state index contributed by atoms with van der Waals surface area (Å²) in [4.78, 5) is 22.0. The molecule has 0 bridgehead atoms. The maximum atomic E-state index is 13.4. The quantitative estimate of drug-likeness (QED) is 0.861. The molecule has 1 amide bonds. The Morgan fingerprint density at radius 2 is 1.73 bits per heavy atom. The van der Waals surface area contributed by atoms with Gasteiger partial charge in [-0.15, -0.1) is 0 Å². The van der Waals surface area contributed by atoms with Gasteiger partial charge in [0.05, 0.1) is 17.3 Å². The number of carbonyl (C=O) groups excluding carboxylic acids is 1. The highest BCUT2D eigenvalue weighted by Crippen LogP contribution is 2.36. The predicted molar refractivity (Wildman–Crippen MR) is 101 cm³/mol. The van der Waals surface area contributed by atoms with E-state index in [-0.39, 0.29) is 23.6 Å². The van der Waals surface area contributed by atoms with Crippen LogP contribution in [0.1, 0.15) is 37.7 Å². The fourth-order valence-corrected chi connectivity index (χ4v) is 3.19. The SMILES string of the molecule is CCC1=Nc2ccccc2N=C(NC(=O)C2CC2)[C@H]1c1ccc(F)cc1. The van der Waals surface area contributed by atoms with Gasteiger partial charge < -0.3 is 5.32 Å². The van der Waals surface area contributed by atoms with E-state index < -0.39 is 0 Å². The van der Waals surface area contributed by atoms with Gasteiger partial charge in [-0.25, -0.2) is 9.38 Å². The third-order valence-corrected chi connectivity index (χ3v) is 4.76. The smallest absolute Gasteiger partial charge is 0.228 e. The molecule has 0 aromatic heterocycles. The van der Waals surface area contributed by atoms with Crippen LogP contribution in [0.25, 0.3) is 0 Å². The third kappa shape index (κ3) is 3.29. The number of benzene rings is 2. The van der Waals surface area contributed by atoms with Gasteiger partial charge in [-0.3, -0.25) is 9.79 Å². The second kappa shape index (κ2) is 6.83. The van der Waals surface area contributed by atoms with Crippen LogP contribution < -0.4 is 5.32 Å². The molecule has 1 N–H and O–H groups in total. The van der Waals surface area contributed by atoms with Crippen molar-refractivity contribution in [3.05, 3.63) is 59.9 Å².